The minimum Gasteiger partial charge on any atom is -0.465 e. The molecule has 0 bridgehead atoms. The summed E-state index contributed by atoms with van der Waals surface area (Å²) < 4.78 is 27.9. The van der Waals surface area contributed by atoms with E-state index in [-0.39, 0.29) is 11.5 Å². The van der Waals surface area contributed by atoms with Crippen LogP contribution in [0.4, 0.5) is 13.6 Å². The Morgan fingerprint density at radius 1 is 1.28 bits per heavy atom. The second kappa shape index (κ2) is 9.00. The predicted octanol–water partition coefficient (Wildman–Crippen LogP) is 1.84. The van der Waals surface area contributed by atoms with Gasteiger partial charge in [0.05, 0.1) is 12.1 Å². The molecule has 174 valence electrons. The van der Waals surface area contributed by atoms with Crippen molar-refractivity contribution in [3.63, 3.8) is 0 Å². The van der Waals surface area contributed by atoms with E-state index in [4.69, 9.17) is 21.8 Å². The molecule has 1 aromatic carbocycles. The maximum Gasteiger partial charge on any atom is 0.407 e. The van der Waals surface area contributed by atoms with Crippen molar-refractivity contribution in [2.24, 2.45) is 16.9 Å². The first-order valence-corrected chi connectivity index (χ1v) is 10.6. The number of nitriles is 1. The lowest BCUT2D eigenvalue weighted by atomic mass is 10.0. The maximum atomic E-state index is 13.9. The van der Waals surface area contributed by atoms with Crippen LogP contribution < -0.4 is 16.8 Å². The Kier molecular flexibility index (Phi) is 6.72. The van der Waals surface area contributed by atoms with E-state index in [1.807, 2.05) is 6.07 Å². The molecule has 2 amide bonds. The van der Waals surface area contributed by atoms with Crippen LogP contribution in [0.5, 0.6) is 0 Å². The lowest BCUT2D eigenvalue weighted by Crippen LogP contribution is -2.48. The Bertz CT molecular complexity index is 881. The highest BCUT2D eigenvalue weighted by Crippen LogP contribution is 2.51. The van der Waals surface area contributed by atoms with Gasteiger partial charge in [0, 0.05) is 37.4 Å². The van der Waals surface area contributed by atoms with E-state index in [0.29, 0.717) is 31.5 Å². The van der Waals surface area contributed by atoms with Crippen molar-refractivity contribution in [2.75, 3.05) is 13.1 Å². The normalized spacial score (nSPS) is 22.8. The van der Waals surface area contributed by atoms with Crippen LogP contribution in [-0.2, 0) is 11.2 Å². The maximum absolute atomic E-state index is 13.9. The zero-order valence-corrected chi connectivity index (χ0v) is 17.8. The van der Waals surface area contributed by atoms with Crippen LogP contribution in [0.1, 0.15) is 37.7 Å². The number of carboxylic acid groups (broad SMARTS) is 1. The van der Waals surface area contributed by atoms with Crippen LogP contribution in [0.2, 0.25) is 0 Å². The van der Waals surface area contributed by atoms with Gasteiger partial charge in [0.2, 0.25) is 5.91 Å². The fourth-order valence-corrected chi connectivity index (χ4v) is 3.93. The Labute approximate surface area is 185 Å². The van der Waals surface area contributed by atoms with Crippen molar-refractivity contribution in [3.8, 4) is 6.07 Å². The molecule has 0 radical (unpaired) electrons. The number of nitrogens with zero attached hydrogens (tertiary/aromatic N) is 2. The zero-order valence-electron chi connectivity index (χ0n) is 17.8. The van der Waals surface area contributed by atoms with E-state index in [1.54, 1.807) is 30.3 Å². The topological polar surface area (TPSA) is 145 Å². The highest BCUT2D eigenvalue weighted by molar-refractivity contribution is 5.83. The smallest absolute Gasteiger partial charge is 0.407 e. The van der Waals surface area contributed by atoms with Crippen LogP contribution in [0.25, 0.3) is 0 Å². The van der Waals surface area contributed by atoms with Crippen LogP contribution in [0.15, 0.2) is 30.3 Å². The van der Waals surface area contributed by atoms with Crippen molar-refractivity contribution in [1.82, 2.24) is 10.2 Å². The molecule has 10 heteroatoms. The number of carbonyl (C=O) groups excluding carboxylic acids is 1. The predicted molar refractivity (Wildman–Crippen MR) is 113 cm³/mol. The third kappa shape index (κ3) is 5.93. The van der Waals surface area contributed by atoms with Gasteiger partial charge < -0.3 is 26.8 Å². The van der Waals surface area contributed by atoms with E-state index < -0.39 is 42.3 Å². The van der Waals surface area contributed by atoms with Crippen molar-refractivity contribution in [2.45, 2.75) is 62.1 Å². The van der Waals surface area contributed by atoms with Gasteiger partial charge in [-0.25, -0.2) is 13.6 Å². The molecule has 1 heterocycles. The molecular weight excluding hydrogens is 420 g/mol. The van der Waals surface area contributed by atoms with E-state index in [2.05, 4.69) is 5.32 Å². The molecule has 2 saturated carbocycles. The molecular formula is C22H29F2N5O3. The molecule has 3 aliphatic rings. The summed E-state index contributed by atoms with van der Waals surface area (Å²) in [5.74, 6) is -3.76. The van der Waals surface area contributed by atoms with Crippen molar-refractivity contribution in [1.29, 1.82) is 5.26 Å². The minimum absolute atomic E-state index is 0.0820. The SMILES string of the molecule is N#CC1(NC(=O)[C@@H](N)CC(F)(F)Cc2ccccc2)CC1.NC1CN(C(=O)O)CC12CC2. The molecule has 1 saturated heterocycles. The summed E-state index contributed by atoms with van der Waals surface area (Å²) >= 11 is 0. The van der Waals surface area contributed by atoms with Gasteiger partial charge >= 0.3 is 6.09 Å². The molecule has 1 aliphatic heterocycles. The first-order valence-electron chi connectivity index (χ1n) is 10.6. The Balaban J connectivity index is 0.000000219. The first-order chi connectivity index (χ1) is 15.0. The van der Waals surface area contributed by atoms with Gasteiger partial charge in [-0.15, -0.1) is 0 Å². The summed E-state index contributed by atoms with van der Waals surface area (Å²) in [4.78, 5) is 23.7. The Hall–Kier alpha value is -2.77. The van der Waals surface area contributed by atoms with Crippen LogP contribution >= 0.6 is 0 Å². The first kappa shape index (κ1) is 23.9. The van der Waals surface area contributed by atoms with Crippen LogP contribution in [0.3, 0.4) is 0 Å². The van der Waals surface area contributed by atoms with Crippen molar-refractivity contribution < 1.29 is 23.5 Å². The number of hydrogen-bond donors (Lipinski definition) is 4. The summed E-state index contributed by atoms with van der Waals surface area (Å²) in [7, 11) is 0. The number of nitrogens with two attached hydrogens (primary N) is 2. The highest BCUT2D eigenvalue weighted by atomic mass is 19.3. The molecule has 1 unspecified atom stereocenters. The van der Waals surface area contributed by atoms with Gasteiger partial charge in [0.25, 0.3) is 5.92 Å². The number of rotatable bonds is 6. The number of likely N-dealkylation sites (tertiary alicyclic amines) is 1. The number of halogens is 2. The number of amides is 2. The number of nitrogens with one attached hydrogen (secondary N) is 1. The summed E-state index contributed by atoms with van der Waals surface area (Å²) in [5, 5.41) is 20.0. The summed E-state index contributed by atoms with van der Waals surface area (Å²) in [5.41, 5.74) is 11.1. The molecule has 6 N–H and O–H groups in total. The lowest BCUT2D eigenvalue weighted by molar-refractivity contribution is -0.125. The molecule has 2 atom stereocenters. The standard InChI is InChI=1S/C15H17F2N3O.C7H12N2O2/c16-15(17,8-11-4-2-1-3-5-11)9-12(19)13(21)20-14(10-18)6-7-14;8-5-3-9(6(10)11)4-7(5)1-2-7/h1-5,12H,6-9,19H2,(H,20,21);5H,1-4,8H2,(H,10,11)/t12-;/m0./s1. The molecule has 8 nitrogen and oxygen atoms in total. The number of carbonyl (C=O) groups is 2. The Morgan fingerprint density at radius 3 is 2.34 bits per heavy atom. The summed E-state index contributed by atoms with van der Waals surface area (Å²) in [6, 6.07) is 9.05. The zero-order chi connectivity index (χ0) is 23.6. The minimum atomic E-state index is -3.07. The fourth-order valence-electron chi connectivity index (χ4n) is 3.93. The average molecular weight is 450 g/mol. The molecule has 32 heavy (non-hydrogen) atoms. The van der Waals surface area contributed by atoms with Crippen LogP contribution in [-0.4, -0.2) is 58.6 Å². The molecule has 2 aliphatic carbocycles. The van der Waals surface area contributed by atoms with E-state index >= 15 is 0 Å². The molecule has 1 spiro atoms. The Morgan fingerprint density at radius 2 is 1.91 bits per heavy atom. The largest absolute Gasteiger partial charge is 0.465 e. The number of alkyl halides is 2. The van der Waals surface area contributed by atoms with Gasteiger partial charge in [-0.3, -0.25) is 4.79 Å². The van der Waals surface area contributed by atoms with Gasteiger partial charge in [-0.1, -0.05) is 30.3 Å². The third-order valence-electron chi connectivity index (χ3n) is 6.36. The summed E-state index contributed by atoms with van der Waals surface area (Å²) in [6.07, 6.45) is 1.28. The average Bonchev–Trinajstić information content (AvgIpc) is 3.63. The number of hydrogen-bond acceptors (Lipinski definition) is 5. The lowest BCUT2D eigenvalue weighted by Gasteiger charge is -2.21. The second-order valence-electron chi connectivity index (χ2n) is 9.14. The monoisotopic (exact) mass is 449 g/mol. The van der Waals surface area contributed by atoms with Gasteiger partial charge in [0.15, 0.2) is 0 Å². The van der Waals surface area contributed by atoms with Crippen molar-refractivity contribution >= 4 is 12.0 Å². The van der Waals surface area contributed by atoms with E-state index in [0.717, 1.165) is 12.8 Å². The molecule has 1 aromatic rings. The van der Waals surface area contributed by atoms with Crippen LogP contribution in [0, 0.1) is 16.7 Å². The molecule has 0 aromatic heterocycles. The quantitative estimate of drug-likeness (QED) is 0.521. The number of benzene rings is 1. The highest BCUT2D eigenvalue weighted by Gasteiger charge is 2.54. The second-order valence-corrected chi connectivity index (χ2v) is 9.14. The van der Waals surface area contributed by atoms with Gasteiger partial charge in [0.1, 0.15) is 5.54 Å². The van der Waals surface area contributed by atoms with Gasteiger partial charge in [-0.05, 0) is 31.2 Å². The third-order valence-corrected chi connectivity index (χ3v) is 6.36. The fraction of sp³-hybridized carbons (Fsp3) is 0.591. The molecule has 4 rings (SSSR count). The molecule has 3 fully saturated rings. The van der Waals surface area contributed by atoms with Gasteiger partial charge in [-0.2, -0.15) is 5.26 Å². The van der Waals surface area contributed by atoms with E-state index in [9.17, 15) is 18.4 Å². The van der Waals surface area contributed by atoms with Crippen molar-refractivity contribution in [3.05, 3.63) is 35.9 Å². The summed E-state index contributed by atoms with van der Waals surface area (Å²) in [6.45, 7) is 1.18. The van der Waals surface area contributed by atoms with E-state index in [1.165, 1.54) is 4.90 Å².